The molecule has 1 unspecified atom stereocenters. The summed E-state index contributed by atoms with van der Waals surface area (Å²) < 4.78 is 5.26. The first-order valence-corrected chi connectivity index (χ1v) is 5.72. The molecule has 2 aliphatic rings. The Hall–Kier alpha value is -2.08. The minimum Gasteiger partial charge on any atom is -0.445 e. The standard InChI is InChI=1S/C12H13N3O3/c1-2-4-18-15-10-6-9(11-13-3-5-17-11)7-14(8-10)12(15)16/h2-3,5-6,10H,1,4,7-8H2. The van der Waals surface area contributed by atoms with Crippen LogP contribution in [0.3, 0.4) is 0 Å². The van der Waals surface area contributed by atoms with Crippen LogP contribution in [0, 0.1) is 0 Å². The average molecular weight is 247 g/mol. The molecule has 6 nitrogen and oxygen atoms in total. The van der Waals surface area contributed by atoms with Gasteiger partial charge in [-0.2, -0.15) is 5.06 Å². The van der Waals surface area contributed by atoms with E-state index in [-0.39, 0.29) is 12.1 Å². The van der Waals surface area contributed by atoms with Crippen molar-refractivity contribution in [2.45, 2.75) is 6.04 Å². The van der Waals surface area contributed by atoms with E-state index in [1.807, 2.05) is 6.08 Å². The molecule has 2 amide bonds. The van der Waals surface area contributed by atoms with E-state index in [1.54, 1.807) is 17.2 Å². The number of carbonyl (C=O) groups excluding carboxylic acids is 1. The molecule has 0 aromatic carbocycles. The third-order valence-electron chi connectivity index (χ3n) is 2.96. The summed E-state index contributed by atoms with van der Waals surface area (Å²) in [6, 6.07) is -0.215. The number of carbonyl (C=O) groups is 1. The van der Waals surface area contributed by atoms with Gasteiger partial charge in [0.1, 0.15) is 6.26 Å². The van der Waals surface area contributed by atoms with E-state index in [1.165, 1.54) is 11.3 Å². The Morgan fingerprint density at radius 2 is 2.56 bits per heavy atom. The molecule has 1 aromatic heterocycles. The second-order valence-corrected chi connectivity index (χ2v) is 4.17. The molecule has 1 aromatic rings. The lowest BCUT2D eigenvalue weighted by Gasteiger charge is -2.19. The van der Waals surface area contributed by atoms with Crippen molar-refractivity contribution < 1.29 is 14.0 Å². The Morgan fingerprint density at radius 3 is 3.28 bits per heavy atom. The van der Waals surface area contributed by atoms with Crippen LogP contribution in [-0.4, -0.2) is 46.7 Å². The molecule has 0 aliphatic carbocycles. The van der Waals surface area contributed by atoms with Crippen molar-refractivity contribution in [3.63, 3.8) is 0 Å². The first kappa shape index (κ1) is 11.0. The Bertz CT molecular complexity index is 495. The van der Waals surface area contributed by atoms with Gasteiger partial charge in [0.15, 0.2) is 0 Å². The van der Waals surface area contributed by atoms with Crippen molar-refractivity contribution >= 4 is 11.6 Å². The molecule has 0 N–H and O–H groups in total. The molecule has 0 spiro atoms. The van der Waals surface area contributed by atoms with Crippen molar-refractivity contribution in [3.05, 3.63) is 37.1 Å². The van der Waals surface area contributed by atoms with Crippen molar-refractivity contribution in [3.8, 4) is 0 Å². The van der Waals surface area contributed by atoms with Crippen LogP contribution < -0.4 is 0 Å². The highest BCUT2D eigenvalue weighted by Crippen LogP contribution is 2.28. The van der Waals surface area contributed by atoms with Gasteiger partial charge in [0.05, 0.1) is 25.4 Å². The number of fused-ring (bicyclic) bond motifs is 2. The van der Waals surface area contributed by atoms with Gasteiger partial charge in [-0.25, -0.2) is 9.78 Å². The number of urea groups is 1. The van der Waals surface area contributed by atoms with E-state index in [0.29, 0.717) is 25.6 Å². The molecular formula is C12H13N3O3. The number of hydrogen-bond acceptors (Lipinski definition) is 4. The highest BCUT2D eigenvalue weighted by atomic mass is 16.7. The summed E-state index contributed by atoms with van der Waals surface area (Å²) in [7, 11) is 0. The SMILES string of the molecule is C=CCON1C(=O)N2CC(c3ncco3)=CC1C2. The molecule has 1 saturated heterocycles. The normalized spacial score (nSPS) is 22.3. The van der Waals surface area contributed by atoms with Crippen molar-refractivity contribution in [1.82, 2.24) is 14.9 Å². The molecule has 1 fully saturated rings. The molecule has 6 heteroatoms. The van der Waals surface area contributed by atoms with Gasteiger partial charge in [0, 0.05) is 12.1 Å². The fraction of sp³-hybridized carbons (Fsp3) is 0.333. The van der Waals surface area contributed by atoms with Gasteiger partial charge in [-0.15, -0.1) is 6.58 Å². The van der Waals surface area contributed by atoms with Crippen LogP contribution in [0.1, 0.15) is 5.89 Å². The highest BCUT2D eigenvalue weighted by Gasteiger charge is 2.41. The lowest BCUT2D eigenvalue weighted by molar-refractivity contribution is -0.107. The maximum atomic E-state index is 12.0. The van der Waals surface area contributed by atoms with Gasteiger partial charge in [0.25, 0.3) is 0 Å². The van der Waals surface area contributed by atoms with Crippen LogP contribution in [0.25, 0.3) is 5.57 Å². The smallest absolute Gasteiger partial charge is 0.344 e. The zero-order valence-electron chi connectivity index (χ0n) is 9.78. The molecule has 1 atom stereocenters. The molecule has 2 aliphatic heterocycles. The molecule has 3 rings (SSSR count). The van der Waals surface area contributed by atoms with E-state index in [0.717, 1.165) is 5.57 Å². The topological polar surface area (TPSA) is 58.8 Å². The van der Waals surface area contributed by atoms with Crippen LogP contribution >= 0.6 is 0 Å². The van der Waals surface area contributed by atoms with Gasteiger partial charge >= 0.3 is 6.03 Å². The lowest BCUT2D eigenvalue weighted by atomic mass is 10.1. The van der Waals surface area contributed by atoms with Crippen LogP contribution in [0.5, 0.6) is 0 Å². The largest absolute Gasteiger partial charge is 0.445 e. The maximum absolute atomic E-state index is 12.0. The highest BCUT2D eigenvalue weighted by molar-refractivity contribution is 5.81. The molecule has 0 radical (unpaired) electrons. The summed E-state index contributed by atoms with van der Waals surface area (Å²) >= 11 is 0. The van der Waals surface area contributed by atoms with E-state index in [2.05, 4.69) is 11.6 Å². The summed E-state index contributed by atoms with van der Waals surface area (Å²) in [6.45, 7) is 5.03. The maximum Gasteiger partial charge on any atom is 0.344 e. The van der Waals surface area contributed by atoms with Gasteiger partial charge in [-0.05, 0) is 6.08 Å². The minimum atomic E-state index is -0.125. The van der Waals surface area contributed by atoms with Crippen LogP contribution in [0.15, 0.2) is 35.6 Å². The Balaban J connectivity index is 1.83. The van der Waals surface area contributed by atoms with Gasteiger partial charge < -0.3 is 9.32 Å². The first-order chi connectivity index (χ1) is 8.79. The van der Waals surface area contributed by atoms with E-state index >= 15 is 0 Å². The fourth-order valence-electron chi connectivity index (χ4n) is 2.21. The van der Waals surface area contributed by atoms with Crippen LogP contribution in [-0.2, 0) is 4.84 Å². The van der Waals surface area contributed by atoms with Gasteiger partial charge in [0.2, 0.25) is 5.89 Å². The summed E-state index contributed by atoms with van der Waals surface area (Å²) in [5, 5.41) is 1.39. The van der Waals surface area contributed by atoms with E-state index < -0.39 is 0 Å². The van der Waals surface area contributed by atoms with Crippen molar-refractivity contribution in [2.75, 3.05) is 19.7 Å². The molecule has 3 heterocycles. The minimum absolute atomic E-state index is 0.0897. The monoisotopic (exact) mass is 247 g/mol. The van der Waals surface area contributed by atoms with Crippen LogP contribution in [0.2, 0.25) is 0 Å². The number of hydrogen-bond donors (Lipinski definition) is 0. The Labute approximate surface area is 104 Å². The predicted octanol–water partition coefficient (Wildman–Crippen LogP) is 1.30. The van der Waals surface area contributed by atoms with Crippen molar-refractivity contribution in [2.24, 2.45) is 0 Å². The summed E-state index contributed by atoms with van der Waals surface area (Å²) in [6.07, 6.45) is 6.70. The first-order valence-electron chi connectivity index (χ1n) is 5.72. The van der Waals surface area contributed by atoms with Gasteiger partial charge in [-0.1, -0.05) is 6.08 Å². The fourth-order valence-corrected chi connectivity index (χ4v) is 2.21. The number of amides is 2. The third kappa shape index (κ3) is 1.70. The zero-order valence-corrected chi connectivity index (χ0v) is 9.78. The average Bonchev–Trinajstić information content (AvgIpc) is 2.98. The number of aromatic nitrogens is 1. The van der Waals surface area contributed by atoms with E-state index in [4.69, 9.17) is 9.25 Å². The van der Waals surface area contributed by atoms with Crippen molar-refractivity contribution in [1.29, 1.82) is 0 Å². The summed E-state index contributed by atoms with van der Waals surface area (Å²) in [5.41, 5.74) is 0.911. The zero-order chi connectivity index (χ0) is 12.5. The number of hydroxylamine groups is 2. The number of rotatable bonds is 4. The number of nitrogens with zero attached hydrogens (tertiary/aromatic N) is 3. The second-order valence-electron chi connectivity index (χ2n) is 4.17. The predicted molar refractivity (Wildman–Crippen MR) is 63.2 cm³/mol. The Kier molecular flexibility index (Phi) is 2.64. The van der Waals surface area contributed by atoms with Crippen LogP contribution in [0.4, 0.5) is 4.79 Å². The third-order valence-corrected chi connectivity index (χ3v) is 2.96. The Morgan fingerprint density at radius 1 is 1.67 bits per heavy atom. The van der Waals surface area contributed by atoms with Gasteiger partial charge in [-0.3, -0.25) is 4.84 Å². The molecular weight excluding hydrogens is 234 g/mol. The lowest BCUT2D eigenvalue weighted by Crippen LogP contribution is -2.33. The molecule has 94 valence electrons. The second kappa shape index (κ2) is 4.30. The van der Waals surface area contributed by atoms with E-state index in [9.17, 15) is 4.79 Å². The summed E-state index contributed by atoms with van der Waals surface area (Å²) in [4.78, 5) is 23.2. The molecule has 2 bridgehead atoms. The summed E-state index contributed by atoms with van der Waals surface area (Å²) in [5.74, 6) is 0.558. The quantitative estimate of drug-likeness (QED) is 0.752. The molecule has 18 heavy (non-hydrogen) atoms. The number of oxazole rings is 1. The molecule has 0 saturated carbocycles.